The number of nitrogens with one attached hydrogen (secondary N) is 2. The second-order valence-electron chi connectivity index (χ2n) is 7.45. The maximum atomic E-state index is 14.2. The van der Waals surface area contributed by atoms with Crippen LogP contribution in [0, 0.1) is 5.82 Å². The Labute approximate surface area is 193 Å². The van der Waals surface area contributed by atoms with Gasteiger partial charge in [-0.05, 0) is 35.6 Å². The van der Waals surface area contributed by atoms with Gasteiger partial charge in [0.15, 0.2) is 5.96 Å². The lowest BCUT2D eigenvalue weighted by Gasteiger charge is -2.19. The highest BCUT2D eigenvalue weighted by atomic mass is 127. The lowest BCUT2D eigenvalue weighted by atomic mass is 9.95. The molecule has 0 aliphatic heterocycles. The van der Waals surface area contributed by atoms with E-state index in [2.05, 4.69) is 43.9 Å². The van der Waals surface area contributed by atoms with Gasteiger partial charge in [0.2, 0.25) is 0 Å². The Morgan fingerprint density at radius 2 is 1.93 bits per heavy atom. The molecule has 0 unspecified atom stereocenters. The van der Waals surface area contributed by atoms with Gasteiger partial charge >= 0.3 is 0 Å². The van der Waals surface area contributed by atoms with Crippen molar-refractivity contribution in [1.82, 2.24) is 25.4 Å². The lowest BCUT2D eigenvalue weighted by molar-refractivity contribution is 0.559. The molecule has 0 bridgehead atoms. The Bertz CT molecular complexity index is 985. The minimum Gasteiger partial charge on any atom is -0.356 e. The molecule has 1 aliphatic rings. The third-order valence-electron chi connectivity index (χ3n) is 5.38. The number of aliphatic imine (C=N–C) groups is 1. The summed E-state index contributed by atoms with van der Waals surface area (Å²) in [5, 5.41) is 10.9. The zero-order valence-corrected chi connectivity index (χ0v) is 19.2. The van der Waals surface area contributed by atoms with E-state index in [1.807, 2.05) is 18.2 Å². The second kappa shape index (κ2) is 10.0. The zero-order chi connectivity index (χ0) is 20.1. The smallest absolute Gasteiger partial charge is 0.191 e. The Kier molecular flexibility index (Phi) is 7.41. The molecule has 0 amide bonds. The molecule has 0 atom stereocenters. The van der Waals surface area contributed by atoms with Crippen LogP contribution in [0.25, 0.3) is 0 Å². The van der Waals surface area contributed by atoms with Crippen LogP contribution in [0.2, 0.25) is 0 Å². The molecule has 4 rings (SSSR count). The molecule has 0 saturated heterocycles. The summed E-state index contributed by atoms with van der Waals surface area (Å²) in [5.41, 5.74) is 2.99. The first-order valence-corrected chi connectivity index (χ1v) is 9.78. The van der Waals surface area contributed by atoms with Crippen LogP contribution in [0.4, 0.5) is 4.39 Å². The molecule has 2 N–H and O–H groups in total. The van der Waals surface area contributed by atoms with Crippen LogP contribution >= 0.6 is 24.0 Å². The van der Waals surface area contributed by atoms with Crippen LogP contribution in [0.1, 0.15) is 29.5 Å². The molecule has 3 aromatic rings. The first kappa shape index (κ1) is 22.2. The Morgan fingerprint density at radius 3 is 2.63 bits per heavy atom. The Hall–Kier alpha value is -2.49. The highest BCUT2D eigenvalue weighted by molar-refractivity contribution is 14.0. The standard InChI is InChI=1S/C22H25FN6.HI/c1-24-21(27-14-22(9-10-22)19-7-2-3-8-20(19)23)26-12-17-5-4-6-18(11-17)13-29-16-25-15-28-29;/h2-8,11,15-16H,9-10,12-14H2,1H3,(H2,24,26,27);1H. The lowest BCUT2D eigenvalue weighted by Crippen LogP contribution is -2.41. The minimum atomic E-state index is -0.126. The molecule has 1 fully saturated rings. The topological polar surface area (TPSA) is 67.1 Å². The number of hydrogen-bond acceptors (Lipinski definition) is 3. The third-order valence-corrected chi connectivity index (χ3v) is 5.38. The largest absolute Gasteiger partial charge is 0.356 e. The van der Waals surface area contributed by atoms with E-state index in [9.17, 15) is 4.39 Å². The first-order chi connectivity index (χ1) is 14.2. The zero-order valence-electron chi connectivity index (χ0n) is 16.9. The molecular formula is C22H26FIN6. The fraction of sp³-hybridized carbons (Fsp3) is 0.318. The second-order valence-corrected chi connectivity index (χ2v) is 7.45. The summed E-state index contributed by atoms with van der Waals surface area (Å²) in [5.74, 6) is 0.591. The van der Waals surface area contributed by atoms with Crippen molar-refractivity contribution in [3.63, 3.8) is 0 Å². The molecule has 0 radical (unpaired) electrons. The Morgan fingerprint density at radius 1 is 1.13 bits per heavy atom. The molecule has 1 heterocycles. The van der Waals surface area contributed by atoms with Gasteiger partial charge < -0.3 is 10.6 Å². The van der Waals surface area contributed by atoms with Crippen LogP contribution in [0.5, 0.6) is 0 Å². The van der Waals surface area contributed by atoms with Gasteiger partial charge in [-0.25, -0.2) is 14.1 Å². The predicted octanol–water partition coefficient (Wildman–Crippen LogP) is 3.48. The van der Waals surface area contributed by atoms with Gasteiger partial charge in [-0.3, -0.25) is 4.99 Å². The number of benzene rings is 2. The quantitative estimate of drug-likeness (QED) is 0.285. The van der Waals surface area contributed by atoms with E-state index in [-0.39, 0.29) is 35.2 Å². The van der Waals surface area contributed by atoms with Crippen molar-refractivity contribution in [2.75, 3.05) is 13.6 Å². The molecule has 1 aliphatic carbocycles. The minimum absolute atomic E-state index is 0. The van der Waals surface area contributed by atoms with Crippen molar-refractivity contribution in [1.29, 1.82) is 0 Å². The highest BCUT2D eigenvalue weighted by Gasteiger charge is 2.45. The Balaban J connectivity index is 0.00000256. The predicted molar refractivity (Wildman–Crippen MR) is 126 cm³/mol. The normalized spacial score (nSPS) is 14.7. The summed E-state index contributed by atoms with van der Waals surface area (Å²) in [6, 6.07) is 15.4. The van der Waals surface area contributed by atoms with Gasteiger partial charge in [0.25, 0.3) is 0 Å². The molecule has 0 spiro atoms. The van der Waals surface area contributed by atoms with Crippen molar-refractivity contribution >= 4 is 29.9 Å². The van der Waals surface area contributed by atoms with Crippen molar-refractivity contribution < 1.29 is 4.39 Å². The SMILES string of the molecule is CN=C(NCc1cccc(Cn2cncn2)c1)NCC1(c2ccccc2F)CC1.I. The van der Waals surface area contributed by atoms with Crippen LogP contribution in [0.3, 0.4) is 0 Å². The average molecular weight is 520 g/mol. The van der Waals surface area contributed by atoms with Crippen molar-refractivity contribution in [3.05, 3.63) is 83.7 Å². The van der Waals surface area contributed by atoms with Gasteiger partial charge in [-0.2, -0.15) is 5.10 Å². The first-order valence-electron chi connectivity index (χ1n) is 9.78. The molecule has 2 aromatic carbocycles. The molecule has 8 heteroatoms. The number of aromatic nitrogens is 3. The average Bonchev–Trinajstić information content (AvgIpc) is 3.35. The van der Waals surface area contributed by atoms with E-state index in [0.29, 0.717) is 25.6 Å². The van der Waals surface area contributed by atoms with Gasteiger partial charge in [0, 0.05) is 25.6 Å². The van der Waals surface area contributed by atoms with E-state index >= 15 is 0 Å². The number of hydrogen-bond donors (Lipinski definition) is 2. The number of rotatable bonds is 7. The summed E-state index contributed by atoms with van der Waals surface area (Å²) in [6.45, 7) is 2.00. The monoisotopic (exact) mass is 520 g/mol. The van der Waals surface area contributed by atoms with Crippen LogP contribution in [-0.2, 0) is 18.5 Å². The van der Waals surface area contributed by atoms with E-state index in [0.717, 1.165) is 29.5 Å². The van der Waals surface area contributed by atoms with Crippen LogP contribution < -0.4 is 10.6 Å². The van der Waals surface area contributed by atoms with Crippen LogP contribution in [-0.4, -0.2) is 34.3 Å². The molecule has 1 aromatic heterocycles. The molecule has 1 saturated carbocycles. The number of nitrogens with zero attached hydrogens (tertiary/aromatic N) is 4. The van der Waals surface area contributed by atoms with Crippen molar-refractivity contribution in [2.24, 2.45) is 4.99 Å². The molecule has 6 nitrogen and oxygen atoms in total. The molecule has 158 valence electrons. The highest BCUT2D eigenvalue weighted by Crippen LogP contribution is 2.48. The maximum Gasteiger partial charge on any atom is 0.191 e. The summed E-state index contributed by atoms with van der Waals surface area (Å²) >= 11 is 0. The van der Waals surface area contributed by atoms with Gasteiger partial charge in [0.05, 0.1) is 6.54 Å². The van der Waals surface area contributed by atoms with Gasteiger partial charge in [-0.15, -0.1) is 24.0 Å². The van der Waals surface area contributed by atoms with Crippen molar-refractivity contribution in [3.8, 4) is 0 Å². The fourth-order valence-electron chi connectivity index (χ4n) is 3.58. The van der Waals surface area contributed by atoms with E-state index in [4.69, 9.17) is 0 Å². The van der Waals surface area contributed by atoms with E-state index in [1.54, 1.807) is 24.1 Å². The number of guanidine groups is 1. The summed E-state index contributed by atoms with van der Waals surface area (Å²) in [4.78, 5) is 8.29. The van der Waals surface area contributed by atoms with Gasteiger partial charge in [-0.1, -0.05) is 42.5 Å². The summed E-state index contributed by atoms with van der Waals surface area (Å²) < 4.78 is 16.0. The fourth-order valence-corrected chi connectivity index (χ4v) is 3.58. The van der Waals surface area contributed by atoms with E-state index in [1.165, 1.54) is 12.4 Å². The number of halogens is 2. The van der Waals surface area contributed by atoms with Crippen LogP contribution in [0.15, 0.2) is 66.2 Å². The molecular weight excluding hydrogens is 494 g/mol. The van der Waals surface area contributed by atoms with E-state index < -0.39 is 0 Å². The van der Waals surface area contributed by atoms with Gasteiger partial charge in [0.1, 0.15) is 18.5 Å². The van der Waals surface area contributed by atoms with Crippen molar-refractivity contribution in [2.45, 2.75) is 31.3 Å². The third kappa shape index (κ3) is 5.35. The summed E-state index contributed by atoms with van der Waals surface area (Å²) in [7, 11) is 1.75. The maximum absolute atomic E-state index is 14.2. The summed E-state index contributed by atoms with van der Waals surface area (Å²) in [6.07, 6.45) is 5.22. The molecule has 30 heavy (non-hydrogen) atoms.